The largest absolute Gasteiger partial charge is 0.320 e. The Hall–Kier alpha value is -1.89. The first-order valence-corrected chi connectivity index (χ1v) is 6.45. The minimum atomic E-state index is -0.391. The van der Waals surface area contributed by atoms with Crippen molar-refractivity contribution in [2.45, 2.75) is 24.3 Å². The van der Waals surface area contributed by atoms with Gasteiger partial charge in [0.25, 0.3) is 5.69 Å². The van der Waals surface area contributed by atoms with Crippen LogP contribution in [-0.2, 0) is 12.2 Å². The zero-order valence-electron chi connectivity index (χ0n) is 9.79. The van der Waals surface area contributed by atoms with Crippen molar-refractivity contribution in [1.29, 1.82) is 0 Å². The molecular weight excluding hydrogens is 252 g/mol. The highest BCUT2D eigenvalue weighted by Gasteiger charge is 2.07. The molecule has 18 heavy (non-hydrogen) atoms. The van der Waals surface area contributed by atoms with Crippen molar-refractivity contribution in [3.05, 3.63) is 45.8 Å². The normalized spacial score (nSPS) is 10.5. The molecule has 0 radical (unpaired) electrons. The van der Waals surface area contributed by atoms with E-state index >= 15 is 0 Å². The number of hydrogen-bond acceptors (Lipinski definition) is 5. The molecule has 6 nitrogen and oxygen atoms in total. The Kier molecular flexibility index (Phi) is 3.93. The highest BCUT2D eigenvalue weighted by molar-refractivity contribution is 7.98. The lowest BCUT2D eigenvalue weighted by Crippen LogP contribution is -1.89. The van der Waals surface area contributed by atoms with Crippen LogP contribution in [0.3, 0.4) is 0 Å². The second-order valence-electron chi connectivity index (χ2n) is 3.65. The van der Waals surface area contributed by atoms with Gasteiger partial charge in [0.2, 0.25) is 0 Å². The molecule has 1 aromatic heterocycles. The molecule has 0 saturated heterocycles. The molecule has 0 atom stereocenters. The molecule has 1 N–H and O–H groups in total. The molecule has 0 aliphatic carbocycles. The van der Waals surface area contributed by atoms with Gasteiger partial charge >= 0.3 is 0 Å². The number of nitro groups is 1. The van der Waals surface area contributed by atoms with Crippen LogP contribution in [-0.4, -0.2) is 20.1 Å². The summed E-state index contributed by atoms with van der Waals surface area (Å²) in [5.74, 6) is 1.47. The third kappa shape index (κ3) is 3.07. The topological polar surface area (TPSA) is 84.7 Å². The summed E-state index contributed by atoms with van der Waals surface area (Å²) in [5, 5.41) is 19.3. The van der Waals surface area contributed by atoms with E-state index in [-0.39, 0.29) is 5.69 Å². The van der Waals surface area contributed by atoms with Crippen LogP contribution < -0.4 is 0 Å². The summed E-state index contributed by atoms with van der Waals surface area (Å²) < 4.78 is 0. The van der Waals surface area contributed by atoms with E-state index in [4.69, 9.17) is 0 Å². The van der Waals surface area contributed by atoms with Crippen molar-refractivity contribution in [1.82, 2.24) is 15.2 Å². The van der Waals surface area contributed by atoms with E-state index < -0.39 is 4.92 Å². The van der Waals surface area contributed by atoms with Gasteiger partial charge in [-0.25, -0.2) is 0 Å². The van der Waals surface area contributed by atoms with Gasteiger partial charge in [0, 0.05) is 24.3 Å². The van der Waals surface area contributed by atoms with Gasteiger partial charge in [0.15, 0.2) is 5.16 Å². The number of aromatic nitrogens is 3. The van der Waals surface area contributed by atoms with Crippen LogP contribution in [0.4, 0.5) is 5.69 Å². The van der Waals surface area contributed by atoms with Crippen LogP contribution in [0.15, 0.2) is 29.4 Å². The summed E-state index contributed by atoms with van der Waals surface area (Å²) in [6.07, 6.45) is 0.810. The fraction of sp³-hybridized carbons (Fsp3) is 0.273. The van der Waals surface area contributed by atoms with E-state index in [0.29, 0.717) is 5.75 Å². The molecule has 0 unspecified atom stereocenters. The van der Waals surface area contributed by atoms with E-state index in [1.807, 2.05) is 13.0 Å². The van der Waals surface area contributed by atoms with Crippen LogP contribution in [0.5, 0.6) is 0 Å². The lowest BCUT2D eigenvalue weighted by molar-refractivity contribution is -0.384. The lowest BCUT2D eigenvalue weighted by Gasteiger charge is -1.98. The van der Waals surface area contributed by atoms with Gasteiger partial charge in [-0.15, -0.1) is 10.2 Å². The van der Waals surface area contributed by atoms with Crippen molar-refractivity contribution in [3.8, 4) is 0 Å². The number of rotatable bonds is 5. The van der Waals surface area contributed by atoms with Gasteiger partial charge in [-0.1, -0.05) is 30.8 Å². The third-order valence-corrected chi connectivity index (χ3v) is 3.28. The molecule has 0 spiro atoms. The minimum Gasteiger partial charge on any atom is -0.320 e. The van der Waals surface area contributed by atoms with Crippen molar-refractivity contribution in [2.75, 3.05) is 0 Å². The van der Waals surface area contributed by atoms with Crippen molar-refractivity contribution >= 4 is 17.4 Å². The number of aromatic amines is 1. The van der Waals surface area contributed by atoms with E-state index in [2.05, 4.69) is 15.2 Å². The SMILES string of the molecule is CCc1nnc(SCc2cccc([N+](=O)[O-])c2)[nH]1. The molecule has 0 aliphatic rings. The van der Waals surface area contributed by atoms with E-state index in [1.165, 1.54) is 17.8 Å². The maximum Gasteiger partial charge on any atom is 0.269 e. The van der Waals surface area contributed by atoms with Gasteiger partial charge in [0.05, 0.1) is 4.92 Å². The number of thioether (sulfide) groups is 1. The average molecular weight is 264 g/mol. The molecule has 0 aliphatic heterocycles. The van der Waals surface area contributed by atoms with E-state index in [9.17, 15) is 10.1 Å². The summed E-state index contributed by atoms with van der Waals surface area (Å²) in [6, 6.07) is 6.60. The summed E-state index contributed by atoms with van der Waals surface area (Å²) in [6.45, 7) is 2.00. The molecule has 0 bridgehead atoms. The number of nitrogens with zero attached hydrogens (tertiary/aromatic N) is 3. The number of nitro benzene ring substituents is 1. The molecular formula is C11H12N4O2S. The molecule has 0 fully saturated rings. The molecule has 1 aromatic carbocycles. The van der Waals surface area contributed by atoms with Crippen LogP contribution in [0.25, 0.3) is 0 Å². The maximum atomic E-state index is 10.6. The molecule has 2 rings (SSSR count). The number of non-ortho nitro benzene ring substituents is 1. The minimum absolute atomic E-state index is 0.111. The first-order valence-electron chi connectivity index (χ1n) is 5.46. The predicted molar refractivity (Wildman–Crippen MR) is 68.4 cm³/mol. The fourth-order valence-electron chi connectivity index (χ4n) is 1.41. The van der Waals surface area contributed by atoms with Crippen LogP contribution in [0.2, 0.25) is 0 Å². The molecule has 2 aromatic rings. The average Bonchev–Trinajstić information content (AvgIpc) is 2.84. The van der Waals surface area contributed by atoms with Crippen LogP contribution in [0, 0.1) is 10.1 Å². The number of aryl methyl sites for hydroxylation is 1. The summed E-state index contributed by atoms with van der Waals surface area (Å²) in [4.78, 5) is 13.3. The Balaban J connectivity index is 2.01. The predicted octanol–water partition coefficient (Wildman–Crippen LogP) is 2.57. The summed E-state index contributed by atoms with van der Waals surface area (Å²) in [5.41, 5.74) is 1.00. The first kappa shape index (κ1) is 12.6. The van der Waals surface area contributed by atoms with E-state index in [0.717, 1.165) is 23.0 Å². The zero-order valence-corrected chi connectivity index (χ0v) is 10.6. The highest BCUT2D eigenvalue weighted by Crippen LogP contribution is 2.21. The quantitative estimate of drug-likeness (QED) is 0.509. The monoisotopic (exact) mass is 264 g/mol. The Morgan fingerprint density at radius 2 is 2.28 bits per heavy atom. The molecule has 0 amide bonds. The Morgan fingerprint density at radius 1 is 1.44 bits per heavy atom. The van der Waals surface area contributed by atoms with Gasteiger partial charge in [-0.2, -0.15) is 0 Å². The zero-order chi connectivity index (χ0) is 13.0. The smallest absolute Gasteiger partial charge is 0.269 e. The van der Waals surface area contributed by atoms with Crippen LogP contribution in [0.1, 0.15) is 18.3 Å². The highest BCUT2D eigenvalue weighted by atomic mass is 32.2. The van der Waals surface area contributed by atoms with Crippen molar-refractivity contribution in [3.63, 3.8) is 0 Å². The van der Waals surface area contributed by atoms with Gasteiger partial charge in [-0.05, 0) is 5.56 Å². The fourth-order valence-corrected chi connectivity index (χ4v) is 2.19. The van der Waals surface area contributed by atoms with Gasteiger partial charge < -0.3 is 4.98 Å². The Morgan fingerprint density at radius 3 is 2.94 bits per heavy atom. The van der Waals surface area contributed by atoms with Gasteiger partial charge in [0.1, 0.15) is 5.82 Å². The van der Waals surface area contributed by atoms with Crippen LogP contribution >= 0.6 is 11.8 Å². The van der Waals surface area contributed by atoms with Crippen molar-refractivity contribution < 1.29 is 4.92 Å². The molecule has 94 valence electrons. The number of H-pyrrole nitrogens is 1. The summed E-state index contributed by atoms with van der Waals surface area (Å²) >= 11 is 1.48. The number of hydrogen-bond donors (Lipinski definition) is 1. The molecule has 0 saturated carbocycles. The summed E-state index contributed by atoms with van der Waals surface area (Å²) in [7, 11) is 0. The standard InChI is InChI=1S/C11H12N4O2S/c1-2-10-12-11(14-13-10)18-7-8-4-3-5-9(6-8)15(16)17/h3-6H,2,7H2,1H3,(H,12,13,14). The second kappa shape index (κ2) is 5.63. The first-order chi connectivity index (χ1) is 8.69. The molecule has 1 heterocycles. The Bertz CT molecular complexity index is 555. The second-order valence-corrected chi connectivity index (χ2v) is 4.61. The van der Waals surface area contributed by atoms with E-state index in [1.54, 1.807) is 12.1 Å². The third-order valence-electron chi connectivity index (χ3n) is 2.34. The van der Waals surface area contributed by atoms with Crippen molar-refractivity contribution in [2.24, 2.45) is 0 Å². The Labute approximate surface area is 108 Å². The maximum absolute atomic E-state index is 10.6. The van der Waals surface area contributed by atoms with Gasteiger partial charge in [-0.3, -0.25) is 10.1 Å². The molecule has 7 heteroatoms. The number of benzene rings is 1. The number of nitrogens with one attached hydrogen (secondary N) is 1. The lowest BCUT2D eigenvalue weighted by atomic mass is 10.2.